The molecule has 2 aromatic rings. The zero-order valence-electron chi connectivity index (χ0n) is 11.4. The summed E-state index contributed by atoms with van der Waals surface area (Å²) in [4.78, 5) is 0. The molecular weight excluding hydrogens is 343 g/mol. The first-order valence-corrected chi connectivity index (χ1v) is 7.67. The number of anilines is 1. The summed E-state index contributed by atoms with van der Waals surface area (Å²) in [5.74, 6) is 1.51. The van der Waals surface area contributed by atoms with Crippen LogP contribution >= 0.6 is 35.4 Å². The van der Waals surface area contributed by atoms with Gasteiger partial charge in [-0.1, -0.05) is 29.3 Å². The van der Waals surface area contributed by atoms with Crippen molar-refractivity contribution in [2.24, 2.45) is 0 Å². The van der Waals surface area contributed by atoms with Crippen LogP contribution in [0, 0.1) is 0 Å². The molecule has 0 unspecified atom stereocenters. The monoisotopic (exact) mass is 354 g/mol. The minimum atomic E-state index is 0.265. The molecule has 1 aliphatic rings. The first-order chi connectivity index (χ1) is 10.6. The van der Waals surface area contributed by atoms with Gasteiger partial charge in [-0.05, 0) is 48.1 Å². The summed E-state index contributed by atoms with van der Waals surface area (Å²) in [6.45, 7) is 0.828. The molecule has 0 fully saturated rings. The third-order valence-corrected chi connectivity index (χ3v) is 3.86. The van der Waals surface area contributed by atoms with Crippen molar-refractivity contribution in [1.29, 1.82) is 0 Å². The van der Waals surface area contributed by atoms with Crippen LogP contribution in [0.25, 0.3) is 0 Å². The molecule has 0 radical (unpaired) electrons. The molecule has 114 valence electrons. The van der Waals surface area contributed by atoms with Crippen molar-refractivity contribution in [1.82, 2.24) is 5.32 Å². The molecule has 0 atom stereocenters. The lowest BCUT2D eigenvalue weighted by molar-refractivity contribution is 0.174. The number of fused-ring (bicyclic) bond motifs is 1. The highest BCUT2D eigenvalue weighted by Crippen LogP contribution is 2.32. The summed E-state index contributed by atoms with van der Waals surface area (Å²) >= 11 is 17.2. The van der Waals surface area contributed by atoms with Gasteiger partial charge in [0, 0.05) is 11.6 Å². The zero-order valence-corrected chi connectivity index (χ0v) is 13.7. The highest BCUT2D eigenvalue weighted by molar-refractivity contribution is 7.80. The van der Waals surface area contributed by atoms with Crippen LogP contribution in [-0.2, 0) is 6.54 Å². The number of hydrogen-bond donors (Lipinski definition) is 2. The minimum absolute atomic E-state index is 0.265. The molecule has 0 aromatic heterocycles. The van der Waals surface area contributed by atoms with Crippen molar-refractivity contribution in [3.05, 3.63) is 52.0 Å². The summed E-state index contributed by atoms with van der Waals surface area (Å²) in [6.07, 6.45) is 0. The van der Waals surface area contributed by atoms with Crippen molar-refractivity contribution in [3.63, 3.8) is 0 Å². The van der Waals surface area contributed by atoms with Gasteiger partial charge in [-0.25, -0.2) is 0 Å². The van der Waals surface area contributed by atoms with E-state index in [-0.39, 0.29) is 6.79 Å². The number of nitrogens with one attached hydrogen (secondary N) is 2. The number of hydrogen-bond acceptors (Lipinski definition) is 3. The molecule has 22 heavy (non-hydrogen) atoms. The first kappa shape index (κ1) is 15.2. The maximum absolute atomic E-state index is 6.09. The molecule has 2 N–H and O–H groups in total. The standard InChI is InChI=1S/C15H12Cl2N2O2S/c16-10-2-3-12(11(17)6-10)19-15(22)18-7-9-1-4-13-14(5-9)21-8-20-13/h1-6H,7-8H2,(H2,18,19,22). The Labute approximate surface area is 143 Å². The number of thiocarbonyl (C=S) groups is 1. The quantitative estimate of drug-likeness (QED) is 0.808. The fraction of sp³-hybridized carbons (Fsp3) is 0.133. The Hall–Kier alpha value is -1.69. The molecule has 0 bridgehead atoms. The minimum Gasteiger partial charge on any atom is -0.454 e. The second-order valence-corrected chi connectivity index (χ2v) is 5.87. The van der Waals surface area contributed by atoms with Crippen molar-refractivity contribution < 1.29 is 9.47 Å². The lowest BCUT2D eigenvalue weighted by Crippen LogP contribution is -2.27. The smallest absolute Gasteiger partial charge is 0.231 e. The highest BCUT2D eigenvalue weighted by atomic mass is 35.5. The second kappa shape index (κ2) is 6.60. The zero-order chi connectivity index (χ0) is 15.5. The van der Waals surface area contributed by atoms with E-state index in [1.165, 1.54) is 0 Å². The molecule has 3 rings (SSSR count). The molecule has 1 heterocycles. The van der Waals surface area contributed by atoms with Crippen molar-refractivity contribution in [2.75, 3.05) is 12.1 Å². The summed E-state index contributed by atoms with van der Waals surface area (Å²) in [5, 5.41) is 7.71. The van der Waals surface area contributed by atoms with Gasteiger partial charge in [-0.2, -0.15) is 0 Å². The average molecular weight is 355 g/mol. The Bertz CT molecular complexity index is 725. The van der Waals surface area contributed by atoms with Gasteiger partial charge in [-0.3, -0.25) is 0 Å². The lowest BCUT2D eigenvalue weighted by Gasteiger charge is -2.12. The van der Waals surface area contributed by atoms with Gasteiger partial charge in [0.15, 0.2) is 16.6 Å². The lowest BCUT2D eigenvalue weighted by atomic mass is 10.2. The second-order valence-electron chi connectivity index (χ2n) is 4.62. The molecule has 7 heteroatoms. The summed E-state index contributed by atoms with van der Waals surface area (Å²) in [7, 11) is 0. The van der Waals surface area contributed by atoms with Crippen LogP contribution in [0.2, 0.25) is 10.0 Å². The third kappa shape index (κ3) is 3.55. The van der Waals surface area contributed by atoms with Crippen molar-refractivity contribution in [3.8, 4) is 11.5 Å². The highest BCUT2D eigenvalue weighted by Gasteiger charge is 2.13. The van der Waals surface area contributed by atoms with Crippen molar-refractivity contribution >= 4 is 46.2 Å². The SMILES string of the molecule is S=C(NCc1ccc2c(c1)OCO2)Nc1ccc(Cl)cc1Cl. The fourth-order valence-electron chi connectivity index (χ4n) is 1.99. The Morgan fingerprint density at radius 2 is 1.91 bits per heavy atom. The van der Waals surface area contributed by atoms with Gasteiger partial charge >= 0.3 is 0 Å². The Kier molecular flexibility index (Phi) is 4.57. The van der Waals surface area contributed by atoms with Crippen LogP contribution < -0.4 is 20.1 Å². The number of halogens is 2. The summed E-state index contributed by atoms with van der Waals surface area (Å²) < 4.78 is 10.6. The van der Waals surface area contributed by atoms with Crippen LogP contribution in [0.3, 0.4) is 0 Å². The van der Waals surface area contributed by atoms with E-state index in [2.05, 4.69) is 10.6 Å². The maximum Gasteiger partial charge on any atom is 0.231 e. The molecular formula is C15H12Cl2N2O2S. The van der Waals surface area contributed by atoms with Crippen LogP contribution in [0.15, 0.2) is 36.4 Å². The van der Waals surface area contributed by atoms with E-state index < -0.39 is 0 Å². The largest absolute Gasteiger partial charge is 0.454 e. The number of benzene rings is 2. The topological polar surface area (TPSA) is 42.5 Å². The predicted octanol–water partition coefficient (Wildman–Crippen LogP) is 4.21. The molecule has 0 saturated carbocycles. The molecule has 0 saturated heterocycles. The van der Waals surface area contributed by atoms with Gasteiger partial charge in [-0.15, -0.1) is 0 Å². The Balaban J connectivity index is 1.58. The van der Waals surface area contributed by atoms with Crippen molar-refractivity contribution in [2.45, 2.75) is 6.54 Å². The number of ether oxygens (including phenoxy) is 2. The van der Waals surface area contributed by atoms with Crippen LogP contribution in [0.1, 0.15) is 5.56 Å². The van der Waals surface area contributed by atoms with E-state index in [9.17, 15) is 0 Å². The van der Waals surface area contributed by atoms with E-state index in [4.69, 9.17) is 44.9 Å². The van der Waals surface area contributed by atoms with Gasteiger partial charge < -0.3 is 20.1 Å². The number of rotatable bonds is 3. The normalized spacial score (nSPS) is 12.1. The van der Waals surface area contributed by atoms with E-state index >= 15 is 0 Å². The summed E-state index contributed by atoms with van der Waals surface area (Å²) in [5.41, 5.74) is 1.74. The van der Waals surface area contributed by atoms with E-state index in [0.29, 0.717) is 27.4 Å². The third-order valence-electron chi connectivity index (χ3n) is 3.07. The van der Waals surface area contributed by atoms with E-state index in [1.807, 2.05) is 18.2 Å². The Morgan fingerprint density at radius 1 is 1.09 bits per heavy atom. The van der Waals surface area contributed by atoms with E-state index in [1.54, 1.807) is 18.2 Å². The molecule has 0 spiro atoms. The van der Waals surface area contributed by atoms with Crippen LogP contribution in [0.5, 0.6) is 11.5 Å². The maximum atomic E-state index is 6.09. The van der Waals surface area contributed by atoms with Gasteiger partial charge in [0.2, 0.25) is 6.79 Å². The van der Waals surface area contributed by atoms with Gasteiger partial charge in [0.25, 0.3) is 0 Å². The average Bonchev–Trinajstić information content (AvgIpc) is 2.95. The summed E-state index contributed by atoms with van der Waals surface area (Å²) in [6, 6.07) is 10.9. The molecule has 2 aromatic carbocycles. The molecule has 4 nitrogen and oxygen atoms in total. The fourth-order valence-corrected chi connectivity index (χ4v) is 2.63. The molecule has 0 aliphatic carbocycles. The van der Waals surface area contributed by atoms with Gasteiger partial charge in [0.05, 0.1) is 10.7 Å². The molecule has 1 aliphatic heterocycles. The van der Waals surface area contributed by atoms with Crippen LogP contribution in [-0.4, -0.2) is 11.9 Å². The van der Waals surface area contributed by atoms with E-state index in [0.717, 1.165) is 17.1 Å². The first-order valence-electron chi connectivity index (χ1n) is 6.50. The van der Waals surface area contributed by atoms with Gasteiger partial charge in [0.1, 0.15) is 0 Å². The molecule has 0 amide bonds. The Morgan fingerprint density at radius 3 is 2.73 bits per heavy atom. The van der Waals surface area contributed by atoms with Crippen LogP contribution in [0.4, 0.5) is 5.69 Å². The predicted molar refractivity (Wildman–Crippen MR) is 92.1 cm³/mol.